The molecule has 0 aromatic rings. The summed E-state index contributed by atoms with van der Waals surface area (Å²) in [6, 6.07) is 0. The number of nitrogens with one attached hydrogen (secondary N) is 2. The van der Waals surface area contributed by atoms with Gasteiger partial charge in [0.2, 0.25) is 0 Å². The van der Waals surface area contributed by atoms with Crippen molar-refractivity contribution >= 4 is 67.9 Å². The third-order valence-corrected chi connectivity index (χ3v) is 5.46. The van der Waals surface area contributed by atoms with Crippen molar-refractivity contribution in [1.29, 1.82) is 0 Å². The standard InChI is InChI=1S/C22H50N4.4BrH/c1-5-25(6-2)21-19-23-17-15-13-11-9-10-12-14-16-18-24-20-22-26(7-3)8-4;;;;/h23-24H,5-22H2,1-4H3;4*1H. The van der Waals surface area contributed by atoms with E-state index in [0.29, 0.717) is 0 Å². The second kappa shape index (κ2) is 35.4. The third kappa shape index (κ3) is 29.8. The number of likely N-dealkylation sites (N-methyl/N-ethyl adjacent to an activating group) is 2. The largest absolute Gasteiger partial charge is 0.315 e. The molecule has 0 aromatic heterocycles. The second-order valence-corrected chi connectivity index (χ2v) is 7.38. The first-order chi connectivity index (χ1) is 12.8. The summed E-state index contributed by atoms with van der Waals surface area (Å²) in [5.74, 6) is 0. The van der Waals surface area contributed by atoms with Crippen LogP contribution in [0, 0.1) is 0 Å². The first-order valence-electron chi connectivity index (χ1n) is 11.6. The number of rotatable bonds is 21. The van der Waals surface area contributed by atoms with Gasteiger partial charge in [0.15, 0.2) is 0 Å². The zero-order valence-electron chi connectivity index (χ0n) is 20.3. The fraction of sp³-hybridized carbons (Fsp3) is 1.00. The number of unbranched alkanes of at least 4 members (excludes halogenated alkanes) is 7. The van der Waals surface area contributed by atoms with Crippen LogP contribution in [0.5, 0.6) is 0 Å². The number of nitrogens with zero attached hydrogens (tertiary/aromatic N) is 2. The molecule has 8 heteroatoms. The van der Waals surface area contributed by atoms with Crippen molar-refractivity contribution in [2.45, 2.75) is 79.1 Å². The molecular formula is C22H54Br4N4. The Hall–Kier alpha value is 1.76. The van der Waals surface area contributed by atoms with E-state index in [9.17, 15) is 0 Å². The molecule has 0 amide bonds. The molecule has 0 atom stereocenters. The van der Waals surface area contributed by atoms with Crippen molar-refractivity contribution in [3.8, 4) is 0 Å². The average molecular weight is 694 g/mol. The molecule has 30 heavy (non-hydrogen) atoms. The molecule has 0 fully saturated rings. The molecule has 190 valence electrons. The van der Waals surface area contributed by atoms with Gasteiger partial charge < -0.3 is 20.4 Å². The fourth-order valence-electron chi connectivity index (χ4n) is 3.36. The minimum Gasteiger partial charge on any atom is -0.315 e. The lowest BCUT2D eigenvalue weighted by Crippen LogP contribution is -2.32. The molecule has 0 spiro atoms. The molecule has 2 N–H and O–H groups in total. The van der Waals surface area contributed by atoms with Gasteiger partial charge in [-0.3, -0.25) is 0 Å². The van der Waals surface area contributed by atoms with Crippen LogP contribution in [0.25, 0.3) is 0 Å². The van der Waals surface area contributed by atoms with E-state index in [-0.39, 0.29) is 67.9 Å². The smallest absolute Gasteiger partial charge is 0.0107 e. The van der Waals surface area contributed by atoms with Gasteiger partial charge in [-0.1, -0.05) is 66.2 Å². The summed E-state index contributed by atoms with van der Waals surface area (Å²) in [6.45, 7) is 20.7. The van der Waals surface area contributed by atoms with E-state index >= 15 is 0 Å². The zero-order valence-corrected chi connectivity index (χ0v) is 27.1. The van der Waals surface area contributed by atoms with E-state index in [1.54, 1.807) is 0 Å². The van der Waals surface area contributed by atoms with Crippen molar-refractivity contribution in [3.63, 3.8) is 0 Å². The Kier molecular flexibility index (Phi) is 49.5. The first-order valence-corrected chi connectivity index (χ1v) is 11.6. The van der Waals surface area contributed by atoms with Gasteiger partial charge in [-0.15, -0.1) is 67.9 Å². The molecule has 0 bridgehead atoms. The summed E-state index contributed by atoms with van der Waals surface area (Å²) in [5, 5.41) is 7.17. The Morgan fingerprint density at radius 1 is 0.400 bits per heavy atom. The van der Waals surface area contributed by atoms with Gasteiger partial charge in [0.1, 0.15) is 0 Å². The van der Waals surface area contributed by atoms with E-state index in [0.717, 1.165) is 13.1 Å². The number of halogens is 4. The Balaban J connectivity index is -0.000000521. The summed E-state index contributed by atoms with van der Waals surface area (Å²) in [4.78, 5) is 4.96. The highest BCUT2D eigenvalue weighted by atomic mass is 79.9. The van der Waals surface area contributed by atoms with Crippen LogP contribution in [0.15, 0.2) is 0 Å². The SMILES string of the molecule is Br.Br.Br.Br.CCN(CC)CCNCCCCCCCCCCNCCN(CC)CC. The topological polar surface area (TPSA) is 30.5 Å². The molecule has 0 aliphatic carbocycles. The fourth-order valence-corrected chi connectivity index (χ4v) is 3.36. The van der Waals surface area contributed by atoms with E-state index in [4.69, 9.17) is 0 Å². The summed E-state index contributed by atoms with van der Waals surface area (Å²) < 4.78 is 0. The highest BCUT2D eigenvalue weighted by molar-refractivity contribution is 8.93. The van der Waals surface area contributed by atoms with Crippen molar-refractivity contribution in [2.75, 3.05) is 65.4 Å². The van der Waals surface area contributed by atoms with Crippen LogP contribution in [0.4, 0.5) is 0 Å². The predicted molar refractivity (Wildman–Crippen MR) is 160 cm³/mol. The lowest BCUT2D eigenvalue weighted by atomic mass is 10.1. The Morgan fingerprint density at radius 2 is 0.667 bits per heavy atom. The maximum atomic E-state index is 3.58. The summed E-state index contributed by atoms with van der Waals surface area (Å²) in [6.07, 6.45) is 11.2. The maximum Gasteiger partial charge on any atom is 0.0107 e. The van der Waals surface area contributed by atoms with E-state index in [1.807, 2.05) is 0 Å². The Bertz CT molecular complexity index is 244. The summed E-state index contributed by atoms with van der Waals surface area (Å²) in [5.41, 5.74) is 0. The molecule has 0 aliphatic rings. The molecule has 0 heterocycles. The van der Waals surface area contributed by atoms with Crippen molar-refractivity contribution in [1.82, 2.24) is 20.4 Å². The highest BCUT2D eigenvalue weighted by Gasteiger charge is 1.98. The van der Waals surface area contributed by atoms with Gasteiger partial charge in [0.05, 0.1) is 0 Å². The van der Waals surface area contributed by atoms with Crippen LogP contribution in [-0.2, 0) is 0 Å². The van der Waals surface area contributed by atoms with Gasteiger partial charge >= 0.3 is 0 Å². The van der Waals surface area contributed by atoms with E-state index < -0.39 is 0 Å². The monoisotopic (exact) mass is 690 g/mol. The van der Waals surface area contributed by atoms with E-state index in [1.165, 1.54) is 104 Å². The van der Waals surface area contributed by atoms with Crippen molar-refractivity contribution in [2.24, 2.45) is 0 Å². The predicted octanol–water partition coefficient (Wildman–Crippen LogP) is 6.28. The van der Waals surface area contributed by atoms with Crippen LogP contribution in [0.1, 0.15) is 79.1 Å². The highest BCUT2D eigenvalue weighted by Crippen LogP contribution is 2.08. The molecule has 0 aliphatic heterocycles. The molecule has 0 rings (SSSR count). The molecule has 0 saturated heterocycles. The second-order valence-electron chi connectivity index (χ2n) is 7.38. The number of hydrogen-bond acceptors (Lipinski definition) is 4. The van der Waals surface area contributed by atoms with Crippen LogP contribution in [0.2, 0.25) is 0 Å². The van der Waals surface area contributed by atoms with Crippen molar-refractivity contribution in [3.05, 3.63) is 0 Å². The van der Waals surface area contributed by atoms with Gasteiger partial charge in [-0.2, -0.15) is 0 Å². The van der Waals surface area contributed by atoms with Crippen molar-refractivity contribution < 1.29 is 0 Å². The first kappa shape index (κ1) is 42.0. The van der Waals surface area contributed by atoms with Gasteiger partial charge in [-0.05, 0) is 52.1 Å². The van der Waals surface area contributed by atoms with Crippen LogP contribution < -0.4 is 10.6 Å². The molecule has 0 aromatic carbocycles. The van der Waals surface area contributed by atoms with Gasteiger partial charge in [0, 0.05) is 26.2 Å². The van der Waals surface area contributed by atoms with Crippen LogP contribution >= 0.6 is 67.9 Å². The average Bonchev–Trinajstić information content (AvgIpc) is 2.67. The maximum absolute atomic E-state index is 3.58. The Morgan fingerprint density at radius 3 is 0.933 bits per heavy atom. The van der Waals surface area contributed by atoms with Gasteiger partial charge in [-0.25, -0.2) is 0 Å². The summed E-state index contributed by atoms with van der Waals surface area (Å²) >= 11 is 0. The van der Waals surface area contributed by atoms with E-state index in [2.05, 4.69) is 48.1 Å². The quantitative estimate of drug-likeness (QED) is 0.139. The van der Waals surface area contributed by atoms with Crippen LogP contribution in [-0.4, -0.2) is 75.2 Å². The molecular weight excluding hydrogens is 640 g/mol. The zero-order chi connectivity index (χ0) is 19.3. The Labute approximate surface area is 231 Å². The minimum atomic E-state index is 0. The normalized spacial score (nSPS) is 10.2. The molecule has 0 radical (unpaired) electrons. The van der Waals surface area contributed by atoms with Crippen LogP contribution in [0.3, 0.4) is 0 Å². The third-order valence-electron chi connectivity index (χ3n) is 5.46. The molecule has 0 unspecified atom stereocenters. The molecule has 4 nitrogen and oxygen atoms in total. The number of hydrogen-bond donors (Lipinski definition) is 2. The van der Waals surface area contributed by atoms with Gasteiger partial charge in [0.25, 0.3) is 0 Å². The molecule has 0 saturated carbocycles. The minimum absolute atomic E-state index is 0. The lowest BCUT2D eigenvalue weighted by Gasteiger charge is -2.18. The lowest BCUT2D eigenvalue weighted by molar-refractivity contribution is 0.302. The summed E-state index contributed by atoms with van der Waals surface area (Å²) in [7, 11) is 0.